The lowest BCUT2D eigenvalue weighted by Gasteiger charge is -2.34. The second kappa shape index (κ2) is 5.99. The van der Waals surface area contributed by atoms with Gasteiger partial charge >= 0.3 is 0 Å². The van der Waals surface area contributed by atoms with Gasteiger partial charge in [-0.25, -0.2) is 13.4 Å². The van der Waals surface area contributed by atoms with Crippen LogP contribution in [0.1, 0.15) is 20.3 Å². The van der Waals surface area contributed by atoms with E-state index in [4.69, 9.17) is 0 Å². The van der Waals surface area contributed by atoms with E-state index in [0.29, 0.717) is 35.2 Å². The molecule has 0 spiro atoms. The molecule has 2 heterocycles. The summed E-state index contributed by atoms with van der Waals surface area (Å²) in [7, 11) is -1.83. The summed E-state index contributed by atoms with van der Waals surface area (Å²) >= 11 is 3.29. The molecule has 1 fully saturated rings. The monoisotopic (exact) mass is 361 g/mol. The lowest BCUT2D eigenvalue weighted by Crippen LogP contribution is -2.42. The van der Waals surface area contributed by atoms with Gasteiger partial charge in [-0.1, -0.05) is 13.8 Å². The summed E-state index contributed by atoms with van der Waals surface area (Å²) in [4.78, 5) is 4.36. The fourth-order valence-corrected chi connectivity index (χ4v) is 4.60. The molecular weight excluding hydrogens is 342 g/mol. The van der Waals surface area contributed by atoms with Crippen molar-refractivity contribution in [2.24, 2.45) is 11.8 Å². The van der Waals surface area contributed by atoms with Crippen molar-refractivity contribution in [2.45, 2.75) is 25.2 Å². The van der Waals surface area contributed by atoms with E-state index in [0.717, 1.165) is 6.42 Å². The van der Waals surface area contributed by atoms with Crippen molar-refractivity contribution in [3.63, 3.8) is 0 Å². The van der Waals surface area contributed by atoms with E-state index in [1.165, 1.54) is 0 Å². The first-order chi connectivity index (χ1) is 9.36. The zero-order valence-electron chi connectivity index (χ0n) is 11.9. The molecule has 1 N–H and O–H groups in total. The third kappa shape index (κ3) is 2.99. The Labute approximate surface area is 129 Å². The zero-order chi connectivity index (χ0) is 14.9. The fourth-order valence-electron chi connectivity index (χ4n) is 2.39. The summed E-state index contributed by atoms with van der Waals surface area (Å²) < 4.78 is 27.8. The van der Waals surface area contributed by atoms with Crippen LogP contribution in [0, 0.1) is 11.8 Å². The van der Waals surface area contributed by atoms with Crippen LogP contribution in [-0.2, 0) is 10.0 Å². The highest BCUT2D eigenvalue weighted by Crippen LogP contribution is 2.30. The largest absolute Gasteiger partial charge is 0.372 e. The highest BCUT2D eigenvalue weighted by atomic mass is 79.9. The average molecular weight is 362 g/mol. The van der Waals surface area contributed by atoms with Crippen molar-refractivity contribution in [1.29, 1.82) is 0 Å². The van der Waals surface area contributed by atoms with Gasteiger partial charge in [-0.3, -0.25) is 0 Å². The molecule has 2 atom stereocenters. The van der Waals surface area contributed by atoms with Crippen molar-refractivity contribution in [2.75, 3.05) is 25.5 Å². The number of rotatable bonds is 3. The molecule has 2 rings (SSSR count). The minimum Gasteiger partial charge on any atom is -0.372 e. The molecule has 0 amide bonds. The summed E-state index contributed by atoms with van der Waals surface area (Å²) in [6.45, 7) is 5.42. The Morgan fingerprint density at radius 1 is 1.40 bits per heavy atom. The zero-order valence-corrected chi connectivity index (χ0v) is 14.3. The number of nitrogens with zero attached hydrogens (tertiary/aromatic N) is 2. The molecule has 1 aromatic rings. The first kappa shape index (κ1) is 15.7. The van der Waals surface area contributed by atoms with Crippen LogP contribution in [0.3, 0.4) is 0 Å². The number of hydrogen-bond acceptors (Lipinski definition) is 4. The smallest absolute Gasteiger partial charge is 0.246 e. The maximum absolute atomic E-state index is 12.8. The Hall–Kier alpha value is -0.660. The van der Waals surface area contributed by atoms with E-state index in [1.54, 1.807) is 23.6 Å². The third-order valence-corrected chi connectivity index (χ3v) is 6.28. The van der Waals surface area contributed by atoms with Crippen LogP contribution in [0.15, 0.2) is 21.6 Å². The Balaban J connectivity index is 2.38. The molecular formula is C13H20BrN3O2S. The first-order valence-electron chi connectivity index (χ1n) is 6.69. The van der Waals surface area contributed by atoms with Crippen molar-refractivity contribution >= 4 is 31.8 Å². The maximum Gasteiger partial charge on any atom is 0.246 e. The second-order valence-corrected chi connectivity index (χ2v) is 8.18. The Kier molecular flexibility index (Phi) is 4.71. The van der Waals surface area contributed by atoms with Gasteiger partial charge in [0.2, 0.25) is 10.0 Å². The number of piperidine rings is 1. The van der Waals surface area contributed by atoms with Gasteiger partial charge in [-0.05, 0) is 40.3 Å². The summed E-state index contributed by atoms with van der Waals surface area (Å²) in [5.74, 6) is 1.32. The highest BCUT2D eigenvalue weighted by molar-refractivity contribution is 9.10. The number of sulfonamides is 1. The van der Waals surface area contributed by atoms with Gasteiger partial charge < -0.3 is 5.32 Å². The van der Waals surface area contributed by atoms with Gasteiger partial charge in [0.15, 0.2) is 0 Å². The average Bonchev–Trinajstić information content (AvgIpc) is 2.41. The van der Waals surface area contributed by atoms with Crippen molar-refractivity contribution < 1.29 is 8.42 Å². The summed E-state index contributed by atoms with van der Waals surface area (Å²) in [6.07, 6.45) is 2.49. The minimum absolute atomic E-state index is 0.233. The highest BCUT2D eigenvalue weighted by Gasteiger charge is 2.33. The van der Waals surface area contributed by atoms with Gasteiger partial charge in [0, 0.05) is 30.8 Å². The first-order valence-corrected chi connectivity index (χ1v) is 8.93. The Bertz CT molecular complexity index is 591. The summed E-state index contributed by atoms with van der Waals surface area (Å²) in [5.41, 5.74) is 0. The number of aromatic nitrogens is 1. The number of anilines is 1. The van der Waals surface area contributed by atoms with E-state index in [2.05, 4.69) is 40.1 Å². The molecule has 0 bridgehead atoms. The molecule has 0 radical (unpaired) electrons. The predicted octanol–water partition coefficient (Wildman–Crippen LogP) is 2.55. The van der Waals surface area contributed by atoms with Crippen LogP contribution in [0.4, 0.5) is 5.82 Å². The van der Waals surface area contributed by atoms with Crippen LogP contribution < -0.4 is 5.32 Å². The van der Waals surface area contributed by atoms with Gasteiger partial charge in [0.1, 0.15) is 10.7 Å². The molecule has 112 valence electrons. The van der Waals surface area contributed by atoms with E-state index in [9.17, 15) is 8.42 Å². The Morgan fingerprint density at radius 3 is 2.70 bits per heavy atom. The van der Waals surface area contributed by atoms with Gasteiger partial charge in [-0.15, -0.1) is 0 Å². The molecule has 0 aliphatic carbocycles. The van der Waals surface area contributed by atoms with Crippen molar-refractivity contribution in [1.82, 2.24) is 9.29 Å². The Morgan fingerprint density at radius 2 is 2.10 bits per heavy atom. The number of pyridine rings is 1. The lowest BCUT2D eigenvalue weighted by molar-refractivity contribution is 0.212. The number of hydrogen-bond donors (Lipinski definition) is 1. The van der Waals surface area contributed by atoms with Crippen LogP contribution in [0.2, 0.25) is 0 Å². The van der Waals surface area contributed by atoms with Crippen LogP contribution >= 0.6 is 15.9 Å². The molecule has 1 aromatic heterocycles. The molecule has 2 unspecified atom stereocenters. The molecule has 7 heteroatoms. The maximum atomic E-state index is 12.8. The molecule has 0 aromatic carbocycles. The topological polar surface area (TPSA) is 62.3 Å². The molecule has 0 saturated carbocycles. The molecule has 20 heavy (non-hydrogen) atoms. The predicted molar refractivity (Wildman–Crippen MR) is 83.2 cm³/mol. The normalized spacial score (nSPS) is 24.6. The van der Waals surface area contributed by atoms with Crippen LogP contribution in [0.25, 0.3) is 0 Å². The van der Waals surface area contributed by atoms with E-state index in [1.807, 2.05) is 0 Å². The van der Waals surface area contributed by atoms with Gasteiger partial charge in [-0.2, -0.15) is 4.31 Å². The molecule has 5 nitrogen and oxygen atoms in total. The van der Waals surface area contributed by atoms with E-state index in [-0.39, 0.29) is 4.90 Å². The summed E-state index contributed by atoms with van der Waals surface area (Å²) in [5, 5.41) is 2.85. The lowest BCUT2D eigenvalue weighted by atomic mass is 9.90. The number of nitrogens with one attached hydrogen (secondary N) is 1. The van der Waals surface area contributed by atoms with E-state index >= 15 is 0 Å². The van der Waals surface area contributed by atoms with Crippen LogP contribution in [-0.4, -0.2) is 37.8 Å². The fraction of sp³-hybridized carbons (Fsp3) is 0.615. The second-order valence-electron chi connectivity index (χ2n) is 5.36. The van der Waals surface area contributed by atoms with E-state index < -0.39 is 10.0 Å². The molecule has 1 aliphatic rings. The quantitative estimate of drug-likeness (QED) is 0.898. The number of halogens is 1. The standard InChI is InChI=1S/C13H20BrN3O2S/c1-9-4-5-17(8-10(9)2)20(18,19)12-6-11(14)7-16-13(12)15-3/h6-7,9-10H,4-5,8H2,1-3H3,(H,15,16). The molecule has 1 aliphatic heterocycles. The minimum atomic E-state index is -3.51. The molecule has 1 saturated heterocycles. The third-order valence-electron chi connectivity index (χ3n) is 3.97. The summed E-state index contributed by atoms with van der Waals surface area (Å²) in [6, 6.07) is 1.61. The van der Waals surface area contributed by atoms with Crippen molar-refractivity contribution in [3.05, 3.63) is 16.7 Å². The van der Waals surface area contributed by atoms with Gasteiger partial charge in [0.25, 0.3) is 0 Å². The van der Waals surface area contributed by atoms with Gasteiger partial charge in [0.05, 0.1) is 0 Å². The van der Waals surface area contributed by atoms with Crippen LogP contribution in [0.5, 0.6) is 0 Å². The van der Waals surface area contributed by atoms with Crippen molar-refractivity contribution in [3.8, 4) is 0 Å². The SMILES string of the molecule is CNc1ncc(Br)cc1S(=O)(=O)N1CCC(C)C(C)C1.